The fourth-order valence-corrected chi connectivity index (χ4v) is 2.37. The summed E-state index contributed by atoms with van der Waals surface area (Å²) < 4.78 is 7.16. The van der Waals surface area contributed by atoms with E-state index in [4.69, 9.17) is 9.84 Å². The van der Waals surface area contributed by atoms with E-state index in [1.807, 2.05) is 34.9 Å². The lowest BCUT2D eigenvalue weighted by Gasteiger charge is -2.06. The molecule has 4 nitrogen and oxygen atoms in total. The molecule has 0 spiro atoms. The zero-order valence-electron chi connectivity index (χ0n) is 11.6. The zero-order chi connectivity index (χ0) is 14.8. The molecular formula is C17H15NO3. The molecule has 2 heterocycles. The first-order chi connectivity index (χ1) is 10.2. The van der Waals surface area contributed by atoms with Gasteiger partial charge in [0.05, 0.1) is 13.7 Å². The van der Waals surface area contributed by atoms with Gasteiger partial charge in [-0.25, -0.2) is 0 Å². The Morgan fingerprint density at radius 2 is 1.95 bits per heavy atom. The van der Waals surface area contributed by atoms with Gasteiger partial charge in [0.2, 0.25) is 5.78 Å². The van der Waals surface area contributed by atoms with Gasteiger partial charge in [0, 0.05) is 23.3 Å². The van der Waals surface area contributed by atoms with Crippen molar-refractivity contribution in [2.24, 2.45) is 0 Å². The molecule has 0 saturated heterocycles. The van der Waals surface area contributed by atoms with Crippen LogP contribution in [0.2, 0.25) is 0 Å². The zero-order valence-corrected chi connectivity index (χ0v) is 11.6. The highest BCUT2D eigenvalue weighted by atomic mass is 16.5. The standard InChI is InChI=1S/C17H15NO3/c1-21-15-10-14-4-2-3-9-18(14)16(15)17(20)13-7-5-12(11-19)6-8-13/h2-10,19H,11H2,1H3. The van der Waals surface area contributed by atoms with Crippen LogP contribution in [0, 0.1) is 0 Å². The predicted octanol–water partition coefficient (Wildman–Crippen LogP) is 2.67. The van der Waals surface area contributed by atoms with E-state index in [1.165, 1.54) is 0 Å². The summed E-state index contributed by atoms with van der Waals surface area (Å²) in [5.41, 5.74) is 2.75. The SMILES string of the molecule is COc1cc2ccccn2c1C(=O)c1ccc(CO)cc1. The van der Waals surface area contributed by atoms with E-state index in [2.05, 4.69) is 0 Å². The minimum atomic E-state index is -0.109. The Kier molecular flexibility index (Phi) is 3.46. The van der Waals surface area contributed by atoms with Crippen molar-refractivity contribution in [2.45, 2.75) is 6.61 Å². The molecule has 0 amide bonds. The molecule has 2 aromatic heterocycles. The van der Waals surface area contributed by atoms with E-state index in [1.54, 1.807) is 31.4 Å². The van der Waals surface area contributed by atoms with E-state index in [0.29, 0.717) is 17.0 Å². The summed E-state index contributed by atoms with van der Waals surface area (Å²) in [5, 5.41) is 9.07. The molecule has 0 fully saturated rings. The molecule has 1 aromatic carbocycles. The van der Waals surface area contributed by atoms with Gasteiger partial charge < -0.3 is 14.2 Å². The van der Waals surface area contributed by atoms with Crippen molar-refractivity contribution in [1.82, 2.24) is 4.40 Å². The smallest absolute Gasteiger partial charge is 0.213 e. The molecule has 106 valence electrons. The molecule has 0 radical (unpaired) electrons. The number of aliphatic hydroxyl groups is 1. The number of ketones is 1. The highest BCUT2D eigenvalue weighted by molar-refractivity contribution is 6.10. The number of aromatic nitrogens is 1. The van der Waals surface area contributed by atoms with Gasteiger partial charge in [-0.1, -0.05) is 30.3 Å². The Hall–Kier alpha value is -2.59. The Balaban J connectivity index is 2.11. The third kappa shape index (κ3) is 2.30. The molecule has 0 saturated carbocycles. The monoisotopic (exact) mass is 281 g/mol. The van der Waals surface area contributed by atoms with Gasteiger partial charge in [-0.3, -0.25) is 4.79 Å². The van der Waals surface area contributed by atoms with Crippen molar-refractivity contribution < 1.29 is 14.6 Å². The van der Waals surface area contributed by atoms with Crippen LogP contribution in [0.5, 0.6) is 5.75 Å². The molecule has 3 rings (SSSR count). The van der Waals surface area contributed by atoms with Crippen molar-refractivity contribution >= 4 is 11.3 Å². The molecule has 0 aliphatic carbocycles. The number of benzene rings is 1. The summed E-state index contributed by atoms with van der Waals surface area (Å²) in [5.74, 6) is 0.444. The molecule has 3 aromatic rings. The molecule has 0 unspecified atom stereocenters. The van der Waals surface area contributed by atoms with Crippen molar-refractivity contribution in [1.29, 1.82) is 0 Å². The fraction of sp³-hybridized carbons (Fsp3) is 0.118. The minimum absolute atomic E-state index is 0.0359. The second-order valence-electron chi connectivity index (χ2n) is 4.74. The number of aliphatic hydroxyl groups excluding tert-OH is 1. The number of rotatable bonds is 4. The topological polar surface area (TPSA) is 50.9 Å². The summed E-state index contributed by atoms with van der Waals surface area (Å²) in [7, 11) is 1.56. The Morgan fingerprint density at radius 1 is 1.19 bits per heavy atom. The van der Waals surface area contributed by atoms with Gasteiger partial charge in [-0.2, -0.15) is 0 Å². The first-order valence-corrected chi connectivity index (χ1v) is 6.63. The van der Waals surface area contributed by atoms with Crippen LogP contribution >= 0.6 is 0 Å². The molecule has 4 heteroatoms. The number of pyridine rings is 1. The number of carbonyl (C=O) groups excluding carboxylic acids is 1. The van der Waals surface area contributed by atoms with Crippen LogP contribution in [-0.4, -0.2) is 22.4 Å². The largest absolute Gasteiger partial charge is 0.494 e. The quantitative estimate of drug-likeness (QED) is 0.748. The lowest BCUT2D eigenvalue weighted by Crippen LogP contribution is -2.07. The normalized spacial score (nSPS) is 10.8. The van der Waals surface area contributed by atoms with Gasteiger partial charge in [0.25, 0.3) is 0 Å². The second kappa shape index (κ2) is 5.42. The number of ether oxygens (including phenoxy) is 1. The third-order valence-electron chi connectivity index (χ3n) is 3.48. The van der Waals surface area contributed by atoms with Crippen molar-refractivity contribution in [3.05, 3.63) is 71.5 Å². The summed E-state index contributed by atoms with van der Waals surface area (Å²) in [6.45, 7) is -0.0359. The Labute approximate surface area is 122 Å². The highest BCUT2D eigenvalue weighted by Crippen LogP contribution is 2.26. The number of hydrogen-bond donors (Lipinski definition) is 1. The Morgan fingerprint density at radius 3 is 2.62 bits per heavy atom. The van der Waals surface area contributed by atoms with Gasteiger partial charge >= 0.3 is 0 Å². The predicted molar refractivity (Wildman–Crippen MR) is 79.7 cm³/mol. The van der Waals surface area contributed by atoms with Crippen LogP contribution < -0.4 is 4.74 Å². The first kappa shape index (κ1) is 13.4. The van der Waals surface area contributed by atoms with Gasteiger partial charge in [0.1, 0.15) is 11.4 Å². The molecule has 0 aliphatic rings. The fourth-order valence-electron chi connectivity index (χ4n) is 2.37. The van der Waals surface area contributed by atoms with E-state index in [9.17, 15) is 4.79 Å². The maximum Gasteiger partial charge on any atom is 0.213 e. The molecule has 0 aliphatic heterocycles. The van der Waals surface area contributed by atoms with Crippen molar-refractivity contribution in [3.8, 4) is 5.75 Å². The maximum absolute atomic E-state index is 12.7. The van der Waals surface area contributed by atoms with Crippen molar-refractivity contribution in [3.63, 3.8) is 0 Å². The summed E-state index contributed by atoms with van der Waals surface area (Å²) in [6.07, 6.45) is 1.84. The lowest BCUT2D eigenvalue weighted by molar-refractivity contribution is 0.103. The van der Waals surface area contributed by atoms with E-state index < -0.39 is 0 Å². The van der Waals surface area contributed by atoms with Crippen LogP contribution in [0.4, 0.5) is 0 Å². The summed E-state index contributed by atoms with van der Waals surface area (Å²) in [4.78, 5) is 12.7. The summed E-state index contributed by atoms with van der Waals surface area (Å²) >= 11 is 0. The molecule has 0 atom stereocenters. The molecule has 1 N–H and O–H groups in total. The van der Waals surface area contributed by atoms with E-state index >= 15 is 0 Å². The third-order valence-corrected chi connectivity index (χ3v) is 3.48. The van der Waals surface area contributed by atoms with Crippen LogP contribution in [-0.2, 0) is 6.61 Å². The molecular weight excluding hydrogens is 266 g/mol. The summed E-state index contributed by atoms with van der Waals surface area (Å²) in [6, 6.07) is 14.5. The van der Waals surface area contributed by atoms with Crippen molar-refractivity contribution in [2.75, 3.05) is 7.11 Å². The number of methoxy groups -OCH3 is 1. The average Bonchev–Trinajstić information content (AvgIpc) is 2.92. The lowest BCUT2D eigenvalue weighted by atomic mass is 10.1. The maximum atomic E-state index is 12.7. The van der Waals surface area contributed by atoms with Crippen LogP contribution in [0.1, 0.15) is 21.6 Å². The highest BCUT2D eigenvalue weighted by Gasteiger charge is 2.19. The number of hydrogen-bond acceptors (Lipinski definition) is 3. The van der Waals surface area contributed by atoms with E-state index in [0.717, 1.165) is 11.1 Å². The number of carbonyl (C=O) groups is 1. The van der Waals surface area contributed by atoms with Crippen LogP contribution in [0.15, 0.2) is 54.7 Å². The van der Waals surface area contributed by atoms with E-state index in [-0.39, 0.29) is 12.4 Å². The average molecular weight is 281 g/mol. The van der Waals surface area contributed by atoms with Crippen LogP contribution in [0.25, 0.3) is 5.52 Å². The van der Waals surface area contributed by atoms with Crippen LogP contribution in [0.3, 0.4) is 0 Å². The first-order valence-electron chi connectivity index (χ1n) is 6.63. The second-order valence-corrected chi connectivity index (χ2v) is 4.74. The van der Waals surface area contributed by atoms with Gasteiger partial charge in [0.15, 0.2) is 0 Å². The molecule has 21 heavy (non-hydrogen) atoms. The molecule has 0 bridgehead atoms. The van der Waals surface area contributed by atoms with Gasteiger partial charge in [-0.15, -0.1) is 0 Å². The van der Waals surface area contributed by atoms with Gasteiger partial charge in [-0.05, 0) is 17.7 Å². The minimum Gasteiger partial charge on any atom is -0.494 e. The Bertz CT molecular complexity index is 787. The number of nitrogens with zero attached hydrogens (tertiary/aromatic N) is 1. The number of fused-ring (bicyclic) bond motifs is 1.